The summed E-state index contributed by atoms with van der Waals surface area (Å²) in [6.07, 6.45) is 11.5. The van der Waals surface area contributed by atoms with Gasteiger partial charge in [-0.1, -0.05) is 60.0 Å². The summed E-state index contributed by atoms with van der Waals surface area (Å²) in [5.41, 5.74) is 1.05. The van der Waals surface area contributed by atoms with Gasteiger partial charge in [-0.05, 0) is 24.8 Å². The number of hydrogen-bond donors (Lipinski definition) is 1. The topological polar surface area (TPSA) is 24.4 Å². The first kappa shape index (κ1) is 14.4. The molecule has 0 unspecified atom stereocenters. The third kappa shape index (κ3) is 3.73. The summed E-state index contributed by atoms with van der Waals surface area (Å²) < 4.78 is -0.120. The Hall–Kier alpha value is -0.0300. The Morgan fingerprint density at radius 3 is 2.89 bits per heavy atom. The number of hydrogen-bond acceptors (Lipinski definition) is 2. The number of rotatable bonds is 4. The summed E-state index contributed by atoms with van der Waals surface area (Å²) in [6.45, 7) is 5.23. The lowest BCUT2D eigenvalue weighted by Gasteiger charge is -2.30. The van der Waals surface area contributed by atoms with Crippen molar-refractivity contribution in [3.63, 3.8) is 0 Å². The van der Waals surface area contributed by atoms with E-state index in [-0.39, 0.29) is 3.42 Å². The van der Waals surface area contributed by atoms with Gasteiger partial charge in [-0.25, -0.2) is 4.99 Å². The number of aliphatic imine (C=N–C) groups is 1. The SMILES string of the molecule is C=C(NCC1CCCCC1)[C@]1(I)C=CN=C(Cl)C1. The van der Waals surface area contributed by atoms with Crippen LogP contribution in [0.15, 0.2) is 29.5 Å². The van der Waals surface area contributed by atoms with E-state index in [0.717, 1.165) is 24.6 Å². The summed E-state index contributed by atoms with van der Waals surface area (Å²) >= 11 is 8.43. The first-order chi connectivity index (χ1) is 8.60. The third-order valence-electron chi connectivity index (χ3n) is 3.79. The molecule has 18 heavy (non-hydrogen) atoms. The standard InChI is InChI=1S/C14H20ClIN2/c1-11(14(16)7-8-17-13(15)9-14)18-10-12-5-3-2-4-6-12/h7-8,12,18H,1-6,9-10H2/t14-/m0/s1. The molecule has 100 valence electrons. The average Bonchev–Trinajstić information content (AvgIpc) is 2.37. The lowest BCUT2D eigenvalue weighted by molar-refractivity contribution is 0.349. The Labute approximate surface area is 128 Å². The Morgan fingerprint density at radius 1 is 1.50 bits per heavy atom. The normalized spacial score (nSPS) is 28.9. The molecule has 1 atom stereocenters. The molecule has 0 aromatic heterocycles. The Kier molecular flexibility index (Phi) is 5.13. The molecule has 1 N–H and O–H groups in total. The zero-order valence-corrected chi connectivity index (χ0v) is 13.5. The van der Waals surface area contributed by atoms with Gasteiger partial charge in [0.15, 0.2) is 0 Å². The minimum atomic E-state index is -0.120. The van der Waals surface area contributed by atoms with E-state index < -0.39 is 0 Å². The molecule has 2 nitrogen and oxygen atoms in total. The zero-order valence-electron chi connectivity index (χ0n) is 10.6. The Bertz CT molecular complexity index is 372. The summed E-state index contributed by atoms with van der Waals surface area (Å²) in [4.78, 5) is 4.09. The molecular formula is C14H20ClIN2. The van der Waals surface area contributed by atoms with E-state index in [1.54, 1.807) is 6.20 Å². The second kappa shape index (κ2) is 6.42. The molecule has 0 bridgehead atoms. The summed E-state index contributed by atoms with van der Waals surface area (Å²) in [5.74, 6) is 0.812. The van der Waals surface area contributed by atoms with Crippen LogP contribution in [0.4, 0.5) is 0 Å². The van der Waals surface area contributed by atoms with Crippen LogP contribution >= 0.6 is 34.2 Å². The van der Waals surface area contributed by atoms with Gasteiger partial charge in [0.25, 0.3) is 0 Å². The van der Waals surface area contributed by atoms with Crippen LogP contribution in [-0.2, 0) is 0 Å². The van der Waals surface area contributed by atoms with Crippen LogP contribution in [0.2, 0.25) is 0 Å². The van der Waals surface area contributed by atoms with E-state index in [1.165, 1.54) is 32.1 Å². The Morgan fingerprint density at radius 2 is 2.22 bits per heavy atom. The number of nitrogens with zero attached hydrogens (tertiary/aromatic N) is 1. The minimum absolute atomic E-state index is 0.120. The molecule has 1 fully saturated rings. The number of allylic oxidation sites excluding steroid dienone is 1. The molecule has 2 aliphatic rings. The highest BCUT2D eigenvalue weighted by molar-refractivity contribution is 14.1. The monoisotopic (exact) mass is 378 g/mol. The van der Waals surface area contributed by atoms with Crippen molar-refractivity contribution in [2.75, 3.05) is 6.54 Å². The van der Waals surface area contributed by atoms with Crippen molar-refractivity contribution in [3.05, 3.63) is 24.6 Å². The fourth-order valence-corrected chi connectivity index (χ4v) is 3.77. The first-order valence-corrected chi connectivity index (χ1v) is 8.08. The van der Waals surface area contributed by atoms with E-state index in [9.17, 15) is 0 Å². The number of alkyl halides is 1. The van der Waals surface area contributed by atoms with E-state index in [4.69, 9.17) is 11.6 Å². The molecule has 0 aromatic carbocycles. The zero-order chi connectivity index (χ0) is 13.0. The highest BCUT2D eigenvalue weighted by atomic mass is 127. The number of nitrogens with one attached hydrogen (secondary N) is 1. The molecule has 1 saturated carbocycles. The van der Waals surface area contributed by atoms with Crippen molar-refractivity contribution in [1.82, 2.24) is 5.32 Å². The summed E-state index contributed by atoms with van der Waals surface area (Å²) in [7, 11) is 0. The molecule has 0 saturated heterocycles. The fraction of sp³-hybridized carbons (Fsp3) is 0.643. The molecule has 2 rings (SSSR count). The summed E-state index contributed by atoms with van der Waals surface area (Å²) in [5, 5.41) is 4.18. The van der Waals surface area contributed by atoms with Gasteiger partial charge < -0.3 is 5.32 Å². The average molecular weight is 379 g/mol. The van der Waals surface area contributed by atoms with Gasteiger partial charge in [-0.2, -0.15) is 0 Å². The van der Waals surface area contributed by atoms with Gasteiger partial charge in [-0.15, -0.1) is 0 Å². The largest absolute Gasteiger partial charge is 0.387 e. The predicted molar refractivity (Wildman–Crippen MR) is 87.5 cm³/mol. The maximum Gasteiger partial charge on any atom is 0.108 e. The lowest BCUT2D eigenvalue weighted by atomic mass is 9.89. The van der Waals surface area contributed by atoms with Crippen molar-refractivity contribution >= 4 is 39.4 Å². The van der Waals surface area contributed by atoms with Crippen molar-refractivity contribution in [1.29, 1.82) is 0 Å². The van der Waals surface area contributed by atoms with Crippen molar-refractivity contribution in [2.24, 2.45) is 10.9 Å². The van der Waals surface area contributed by atoms with Crippen molar-refractivity contribution in [3.8, 4) is 0 Å². The van der Waals surface area contributed by atoms with Gasteiger partial charge in [0.1, 0.15) is 5.17 Å². The van der Waals surface area contributed by atoms with Gasteiger partial charge in [0, 0.05) is 24.9 Å². The van der Waals surface area contributed by atoms with Crippen LogP contribution in [0.25, 0.3) is 0 Å². The second-order valence-electron chi connectivity index (χ2n) is 5.22. The van der Waals surface area contributed by atoms with Crippen LogP contribution in [-0.4, -0.2) is 15.1 Å². The molecule has 0 amide bonds. The molecule has 1 heterocycles. The first-order valence-electron chi connectivity index (χ1n) is 6.62. The molecular weight excluding hydrogens is 359 g/mol. The quantitative estimate of drug-likeness (QED) is 0.569. The van der Waals surface area contributed by atoms with Crippen LogP contribution in [0.3, 0.4) is 0 Å². The van der Waals surface area contributed by atoms with Gasteiger partial charge in [0.05, 0.1) is 3.42 Å². The number of halogens is 2. The third-order valence-corrected chi connectivity index (χ3v) is 5.41. The molecule has 0 spiro atoms. The van der Waals surface area contributed by atoms with Crippen LogP contribution in [0.5, 0.6) is 0 Å². The van der Waals surface area contributed by atoms with Crippen LogP contribution < -0.4 is 5.32 Å². The van der Waals surface area contributed by atoms with Gasteiger partial charge >= 0.3 is 0 Å². The maximum absolute atomic E-state index is 6.02. The van der Waals surface area contributed by atoms with Gasteiger partial charge in [-0.3, -0.25) is 0 Å². The second-order valence-corrected chi connectivity index (χ2v) is 7.59. The molecule has 4 heteroatoms. The van der Waals surface area contributed by atoms with Gasteiger partial charge in [0.2, 0.25) is 0 Å². The smallest absolute Gasteiger partial charge is 0.108 e. The van der Waals surface area contributed by atoms with E-state index in [2.05, 4.69) is 45.6 Å². The van der Waals surface area contributed by atoms with Crippen molar-refractivity contribution < 1.29 is 0 Å². The van der Waals surface area contributed by atoms with E-state index >= 15 is 0 Å². The Balaban J connectivity index is 1.84. The minimum Gasteiger partial charge on any atom is -0.387 e. The fourth-order valence-electron chi connectivity index (χ4n) is 2.57. The molecule has 1 aliphatic carbocycles. The van der Waals surface area contributed by atoms with E-state index in [1.807, 2.05) is 0 Å². The van der Waals surface area contributed by atoms with E-state index in [0.29, 0.717) is 5.17 Å². The maximum atomic E-state index is 6.02. The molecule has 0 aromatic rings. The highest BCUT2D eigenvalue weighted by Crippen LogP contribution is 2.35. The van der Waals surface area contributed by atoms with Crippen molar-refractivity contribution in [2.45, 2.75) is 41.9 Å². The van der Waals surface area contributed by atoms with Crippen LogP contribution in [0.1, 0.15) is 38.5 Å². The van der Waals surface area contributed by atoms with Crippen LogP contribution in [0, 0.1) is 5.92 Å². The highest BCUT2D eigenvalue weighted by Gasteiger charge is 2.31. The molecule has 1 aliphatic heterocycles. The lowest BCUT2D eigenvalue weighted by Crippen LogP contribution is -2.35. The molecule has 0 radical (unpaired) electrons. The predicted octanol–water partition coefficient (Wildman–Crippen LogP) is 4.40. The summed E-state index contributed by atoms with van der Waals surface area (Å²) in [6, 6.07) is 0.